The van der Waals surface area contributed by atoms with Crippen LogP contribution in [0.3, 0.4) is 0 Å². The maximum atomic E-state index is 11.8. The highest BCUT2D eigenvalue weighted by Crippen LogP contribution is 2.10. The van der Waals surface area contributed by atoms with Crippen LogP contribution in [0.1, 0.15) is 21.6 Å². The Bertz CT molecular complexity index is 842. The molecule has 7 nitrogen and oxygen atoms in total. The van der Waals surface area contributed by atoms with E-state index in [2.05, 4.69) is 9.97 Å². The number of hydrogen-bond acceptors (Lipinski definition) is 6. The van der Waals surface area contributed by atoms with Crippen LogP contribution in [0.2, 0.25) is 0 Å². The second-order valence-corrected chi connectivity index (χ2v) is 5.94. The van der Waals surface area contributed by atoms with Gasteiger partial charge in [-0.05, 0) is 6.92 Å². The molecule has 24 heavy (non-hydrogen) atoms. The van der Waals surface area contributed by atoms with E-state index in [1.807, 2.05) is 0 Å². The van der Waals surface area contributed by atoms with E-state index in [1.165, 1.54) is 11.8 Å². The fraction of sp³-hybridized carbons (Fsp3) is 0.250. The van der Waals surface area contributed by atoms with E-state index in [0.717, 1.165) is 0 Å². The average Bonchev–Trinajstić information content (AvgIpc) is 2.55. The molecule has 2 N–H and O–H groups in total. The molecular formula is C16H16N2O5S. The third kappa shape index (κ3) is 4.95. The van der Waals surface area contributed by atoms with Gasteiger partial charge in [0.2, 0.25) is 0 Å². The Morgan fingerprint density at radius 3 is 2.50 bits per heavy atom. The van der Waals surface area contributed by atoms with Gasteiger partial charge in [-0.3, -0.25) is 19.4 Å². The van der Waals surface area contributed by atoms with Crippen molar-refractivity contribution in [2.45, 2.75) is 12.7 Å². The molecule has 1 aromatic carbocycles. The molecule has 1 aromatic heterocycles. The highest BCUT2D eigenvalue weighted by Gasteiger charge is 2.11. The third-order valence-corrected chi connectivity index (χ3v) is 4.11. The Morgan fingerprint density at radius 1 is 1.12 bits per heavy atom. The smallest absolute Gasteiger partial charge is 0.325 e. The zero-order chi connectivity index (χ0) is 17.5. The second kappa shape index (κ2) is 8.30. The van der Waals surface area contributed by atoms with Crippen molar-refractivity contribution in [2.24, 2.45) is 0 Å². The van der Waals surface area contributed by atoms with Gasteiger partial charge in [0.1, 0.15) is 0 Å². The van der Waals surface area contributed by atoms with Crippen molar-refractivity contribution in [3.8, 4) is 0 Å². The summed E-state index contributed by atoms with van der Waals surface area (Å²) in [5.74, 6) is -0.565. The lowest BCUT2D eigenvalue weighted by Gasteiger charge is -2.05. The van der Waals surface area contributed by atoms with Crippen LogP contribution in [0, 0.1) is 6.92 Å². The molecule has 0 fully saturated rings. The monoisotopic (exact) mass is 348 g/mol. The van der Waals surface area contributed by atoms with Gasteiger partial charge >= 0.3 is 11.7 Å². The van der Waals surface area contributed by atoms with Crippen molar-refractivity contribution in [3.63, 3.8) is 0 Å². The summed E-state index contributed by atoms with van der Waals surface area (Å²) >= 11 is 1.17. The number of Topliss-reactive ketones (excluding diaryl/α,β-unsaturated/α-hetero) is 1. The van der Waals surface area contributed by atoms with Crippen LogP contribution in [0.25, 0.3) is 0 Å². The Labute approximate surface area is 141 Å². The molecule has 0 bridgehead atoms. The van der Waals surface area contributed by atoms with Gasteiger partial charge < -0.3 is 9.72 Å². The molecule has 1 heterocycles. The first-order chi connectivity index (χ1) is 11.5. The lowest BCUT2D eigenvalue weighted by atomic mass is 10.1. The summed E-state index contributed by atoms with van der Waals surface area (Å²) in [7, 11) is 0. The minimum atomic E-state index is -0.565. The van der Waals surface area contributed by atoms with Gasteiger partial charge in [0.15, 0.2) is 12.4 Å². The summed E-state index contributed by atoms with van der Waals surface area (Å²) in [6.45, 7) is 1.30. The third-order valence-electron chi connectivity index (χ3n) is 3.18. The molecule has 8 heteroatoms. The zero-order valence-electron chi connectivity index (χ0n) is 13.0. The molecule has 0 aliphatic rings. The average molecular weight is 348 g/mol. The number of rotatable bonds is 7. The van der Waals surface area contributed by atoms with Crippen molar-refractivity contribution in [1.82, 2.24) is 9.97 Å². The van der Waals surface area contributed by atoms with E-state index >= 15 is 0 Å². The fourth-order valence-corrected chi connectivity index (χ4v) is 2.83. The number of carbonyl (C=O) groups is 2. The number of hydrogen-bond donors (Lipinski definition) is 2. The number of H-pyrrole nitrogens is 2. The summed E-state index contributed by atoms with van der Waals surface area (Å²) < 4.78 is 4.92. The molecule has 0 saturated carbocycles. The van der Waals surface area contributed by atoms with E-state index in [-0.39, 0.29) is 23.9 Å². The number of ether oxygens (including phenoxy) is 1. The topological polar surface area (TPSA) is 109 Å². The van der Waals surface area contributed by atoms with Crippen molar-refractivity contribution in [3.05, 3.63) is 68.0 Å². The first-order valence-electron chi connectivity index (χ1n) is 7.11. The Kier molecular flexibility index (Phi) is 6.14. The van der Waals surface area contributed by atoms with Gasteiger partial charge in [0.05, 0.1) is 5.75 Å². The first-order valence-corrected chi connectivity index (χ1v) is 8.26. The predicted molar refractivity (Wildman–Crippen MR) is 90.3 cm³/mol. The Balaban J connectivity index is 1.79. The van der Waals surface area contributed by atoms with Crippen LogP contribution in [0.15, 0.2) is 39.9 Å². The molecule has 0 aliphatic heterocycles. The van der Waals surface area contributed by atoms with Crippen LogP contribution in [0.4, 0.5) is 0 Å². The summed E-state index contributed by atoms with van der Waals surface area (Å²) in [6.07, 6.45) is 0. The summed E-state index contributed by atoms with van der Waals surface area (Å²) in [5.41, 5.74) is 0.298. The quantitative estimate of drug-likeness (QED) is 0.571. The maximum Gasteiger partial charge on any atom is 0.325 e. The first kappa shape index (κ1) is 17.7. The highest BCUT2D eigenvalue weighted by atomic mass is 32.2. The normalized spacial score (nSPS) is 10.4. The van der Waals surface area contributed by atoms with E-state index in [9.17, 15) is 19.2 Å². The van der Waals surface area contributed by atoms with Gasteiger partial charge in [-0.15, -0.1) is 11.8 Å². The van der Waals surface area contributed by atoms with E-state index in [4.69, 9.17) is 4.74 Å². The minimum Gasteiger partial charge on any atom is -0.457 e. The Hall–Kier alpha value is -2.61. The summed E-state index contributed by atoms with van der Waals surface area (Å²) in [5, 5.41) is 0. The number of benzene rings is 1. The molecule has 0 aliphatic carbocycles. The number of carbonyl (C=O) groups excluding carboxylic acids is 2. The molecule has 0 unspecified atom stereocenters. The van der Waals surface area contributed by atoms with E-state index in [0.29, 0.717) is 16.8 Å². The fourth-order valence-electron chi connectivity index (χ4n) is 1.93. The van der Waals surface area contributed by atoms with E-state index in [1.54, 1.807) is 37.3 Å². The predicted octanol–water partition coefficient (Wildman–Crippen LogP) is 1.03. The minimum absolute atomic E-state index is 0.0000755. The van der Waals surface area contributed by atoms with Crippen LogP contribution in [0.5, 0.6) is 0 Å². The second-order valence-electron chi connectivity index (χ2n) is 4.95. The molecule has 0 radical (unpaired) electrons. The summed E-state index contributed by atoms with van der Waals surface area (Å²) in [4.78, 5) is 50.8. The zero-order valence-corrected chi connectivity index (χ0v) is 13.8. The number of thioether (sulfide) groups is 1. The molecule has 126 valence electrons. The molecule has 0 amide bonds. The lowest BCUT2D eigenvalue weighted by Crippen LogP contribution is -2.26. The van der Waals surface area contributed by atoms with Gasteiger partial charge in [-0.2, -0.15) is 0 Å². The summed E-state index contributed by atoms with van der Waals surface area (Å²) in [6, 6.07) is 8.55. The van der Waals surface area contributed by atoms with Crippen LogP contribution in [-0.4, -0.2) is 34.1 Å². The standard InChI is InChI=1S/C16H16N2O5S/c1-10-12(15(21)18-16(22)17-10)8-24-9-14(20)23-7-13(19)11-5-3-2-4-6-11/h2-6H,7-9H2,1H3,(H2,17,18,21,22). The number of aromatic amines is 2. The molecule has 0 saturated heterocycles. The van der Waals surface area contributed by atoms with Crippen LogP contribution < -0.4 is 11.2 Å². The highest BCUT2D eigenvalue weighted by molar-refractivity contribution is 7.99. The van der Waals surface area contributed by atoms with Crippen molar-refractivity contribution < 1.29 is 14.3 Å². The Morgan fingerprint density at radius 2 is 1.83 bits per heavy atom. The SMILES string of the molecule is Cc1[nH]c(=O)[nH]c(=O)c1CSCC(=O)OCC(=O)c1ccccc1. The van der Waals surface area contributed by atoms with E-state index < -0.39 is 17.2 Å². The maximum absolute atomic E-state index is 11.8. The van der Waals surface area contributed by atoms with Crippen molar-refractivity contribution in [2.75, 3.05) is 12.4 Å². The number of ketones is 1. The van der Waals surface area contributed by atoms with Gasteiger partial charge in [-0.25, -0.2) is 4.79 Å². The number of nitrogens with one attached hydrogen (secondary N) is 2. The molecule has 0 atom stereocenters. The van der Waals surface area contributed by atoms with Crippen LogP contribution >= 0.6 is 11.8 Å². The van der Waals surface area contributed by atoms with Crippen molar-refractivity contribution in [1.29, 1.82) is 0 Å². The molecule has 2 rings (SSSR count). The van der Waals surface area contributed by atoms with Gasteiger partial charge in [0.25, 0.3) is 5.56 Å². The molecular weight excluding hydrogens is 332 g/mol. The molecule has 0 spiro atoms. The van der Waals surface area contributed by atoms with Crippen molar-refractivity contribution >= 4 is 23.5 Å². The van der Waals surface area contributed by atoms with Crippen LogP contribution in [-0.2, 0) is 15.3 Å². The van der Waals surface area contributed by atoms with Gasteiger partial charge in [-0.1, -0.05) is 30.3 Å². The lowest BCUT2D eigenvalue weighted by molar-refractivity contribution is -0.139. The number of esters is 1. The van der Waals surface area contributed by atoms with Gasteiger partial charge in [0, 0.05) is 22.6 Å². The number of aryl methyl sites for hydroxylation is 1. The largest absolute Gasteiger partial charge is 0.457 e. The number of aromatic nitrogens is 2. The molecule has 2 aromatic rings.